The maximum absolute atomic E-state index is 5.61. The van der Waals surface area contributed by atoms with Crippen molar-refractivity contribution < 1.29 is 4.74 Å². The van der Waals surface area contributed by atoms with Crippen molar-refractivity contribution >= 4 is 0 Å². The summed E-state index contributed by atoms with van der Waals surface area (Å²) >= 11 is 0. The van der Waals surface area contributed by atoms with E-state index in [0.717, 1.165) is 22.6 Å². The minimum atomic E-state index is 0.792. The van der Waals surface area contributed by atoms with E-state index in [4.69, 9.17) is 17.6 Å². The van der Waals surface area contributed by atoms with Crippen LogP contribution in [0.4, 0.5) is 0 Å². The summed E-state index contributed by atoms with van der Waals surface area (Å²) in [4.78, 5) is 0. The molecule has 140 valence electrons. The Hall–Kier alpha value is -3.42. The molecule has 28 heavy (non-hydrogen) atoms. The first kappa shape index (κ1) is 20.9. The lowest BCUT2D eigenvalue weighted by Crippen LogP contribution is -1.85. The second-order valence-corrected chi connectivity index (χ2v) is 6.38. The second-order valence-electron chi connectivity index (χ2n) is 6.38. The molecule has 0 aliphatic heterocycles. The number of benzene rings is 3. The van der Waals surface area contributed by atoms with Gasteiger partial charge in [-0.2, -0.15) is 0 Å². The Balaban J connectivity index is 0.000000203. The van der Waals surface area contributed by atoms with E-state index >= 15 is 0 Å². The summed E-state index contributed by atoms with van der Waals surface area (Å²) in [7, 11) is 0. The Morgan fingerprint density at radius 2 is 1.21 bits per heavy atom. The zero-order valence-corrected chi connectivity index (χ0v) is 16.4. The monoisotopic (exact) mass is 366 g/mol. The predicted molar refractivity (Wildman–Crippen MR) is 118 cm³/mol. The molecule has 0 atom stereocenters. The number of aryl methyl sites for hydroxylation is 1. The topological polar surface area (TPSA) is 9.23 Å². The summed E-state index contributed by atoms with van der Waals surface area (Å²) in [5.74, 6) is 6.80. The molecule has 0 amide bonds. The highest BCUT2D eigenvalue weighted by Gasteiger charge is 1.95. The summed E-state index contributed by atoms with van der Waals surface area (Å²) in [6.45, 7) is 2.22. The first-order chi connectivity index (χ1) is 13.7. The summed E-state index contributed by atoms with van der Waals surface area (Å²) in [6.07, 6.45) is 15.6. The van der Waals surface area contributed by atoms with Crippen LogP contribution in [0.3, 0.4) is 0 Å². The molecular weight excluding hydrogens is 340 g/mol. The molecule has 0 spiro atoms. The van der Waals surface area contributed by atoms with Gasteiger partial charge in [-0.05, 0) is 66.9 Å². The van der Waals surface area contributed by atoms with Crippen LogP contribution in [0.5, 0.6) is 11.5 Å². The van der Waals surface area contributed by atoms with Gasteiger partial charge < -0.3 is 4.74 Å². The molecule has 3 rings (SSSR count). The molecular formula is C27H26O. The van der Waals surface area contributed by atoms with Gasteiger partial charge in [0.25, 0.3) is 0 Å². The minimum Gasteiger partial charge on any atom is -0.457 e. The molecule has 0 saturated heterocycles. The molecule has 0 fully saturated rings. The fourth-order valence-electron chi connectivity index (χ4n) is 2.59. The highest BCUT2D eigenvalue weighted by Crippen LogP contribution is 2.20. The molecule has 0 unspecified atom stereocenters. The zero-order chi connectivity index (χ0) is 20.0. The van der Waals surface area contributed by atoms with Gasteiger partial charge in [-0.15, -0.1) is 12.8 Å². The van der Waals surface area contributed by atoms with Gasteiger partial charge >= 0.3 is 0 Å². The molecule has 0 aliphatic rings. The van der Waals surface area contributed by atoms with Crippen molar-refractivity contribution in [3.63, 3.8) is 0 Å². The summed E-state index contributed by atoms with van der Waals surface area (Å²) in [5.41, 5.74) is 3.22. The van der Waals surface area contributed by atoms with Crippen LogP contribution in [-0.4, -0.2) is 0 Å². The smallest absolute Gasteiger partial charge is 0.127 e. The van der Waals surface area contributed by atoms with Crippen molar-refractivity contribution in [2.24, 2.45) is 0 Å². The molecule has 0 aliphatic carbocycles. The first-order valence-electron chi connectivity index (χ1n) is 9.60. The third kappa shape index (κ3) is 7.45. The zero-order valence-electron chi connectivity index (χ0n) is 16.4. The van der Waals surface area contributed by atoms with Crippen molar-refractivity contribution in [1.29, 1.82) is 0 Å². The van der Waals surface area contributed by atoms with Gasteiger partial charge in [0.2, 0.25) is 0 Å². The van der Waals surface area contributed by atoms with Crippen LogP contribution in [0, 0.1) is 24.7 Å². The molecule has 0 saturated carbocycles. The third-order valence-electron chi connectivity index (χ3n) is 4.19. The molecule has 3 aromatic rings. The lowest BCUT2D eigenvalue weighted by Gasteiger charge is -2.04. The lowest BCUT2D eigenvalue weighted by atomic mass is 10.1. The maximum atomic E-state index is 5.61. The molecule has 0 radical (unpaired) electrons. The third-order valence-corrected chi connectivity index (χ3v) is 4.19. The fraction of sp³-hybridized carbons (Fsp3) is 0.185. The van der Waals surface area contributed by atoms with E-state index in [9.17, 15) is 0 Å². The highest BCUT2D eigenvalue weighted by atomic mass is 16.5. The number of hydrogen-bond donors (Lipinski definition) is 0. The maximum Gasteiger partial charge on any atom is 0.127 e. The molecule has 1 nitrogen and oxygen atoms in total. The van der Waals surface area contributed by atoms with Crippen molar-refractivity contribution in [3.05, 3.63) is 95.6 Å². The van der Waals surface area contributed by atoms with E-state index in [-0.39, 0.29) is 0 Å². The second kappa shape index (κ2) is 12.1. The highest BCUT2D eigenvalue weighted by molar-refractivity contribution is 5.38. The normalized spacial score (nSPS) is 9.39. The predicted octanol–water partition coefficient (Wildman–Crippen LogP) is 6.86. The van der Waals surface area contributed by atoms with E-state index < -0.39 is 0 Å². The van der Waals surface area contributed by atoms with Crippen LogP contribution in [0.2, 0.25) is 0 Å². The number of unbranched alkanes of at least 4 members (excludes halogenated alkanes) is 2. The van der Waals surface area contributed by atoms with Gasteiger partial charge in [-0.1, -0.05) is 61.9 Å². The number of hydrogen-bond acceptors (Lipinski definition) is 1. The number of rotatable bonds is 6. The number of ether oxygens (including phenoxy) is 1. The van der Waals surface area contributed by atoms with Crippen LogP contribution < -0.4 is 4.74 Å². The SMILES string of the molecule is C#Cc1ccc(CCCCC)cc1.C#Cc1ccc(Oc2ccccc2)cc1. The fourth-order valence-corrected chi connectivity index (χ4v) is 2.59. The Kier molecular flexibility index (Phi) is 8.99. The van der Waals surface area contributed by atoms with Crippen molar-refractivity contribution in [1.82, 2.24) is 0 Å². The Labute approximate surface area is 169 Å². The summed E-state index contributed by atoms with van der Waals surface area (Å²) < 4.78 is 5.61. The van der Waals surface area contributed by atoms with Crippen LogP contribution in [0.1, 0.15) is 42.9 Å². The van der Waals surface area contributed by atoms with Crippen molar-refractivity contribution in [3.8, 4) is 36.2 Å². The van der Waals surface area contributed by atoms with Crippen LogP contribution in [0.25, 0.3) is 0 Å². The molecule has 0 N–H and O–H groups in total. The van der Waals surface area contributed by atoms with E-state index in [1.807, 2.05) is 66.7 Å². The van der Waals surface area contributed by atoms with Gasteiger partial charge in [-0.3, -0.25) is 0 Å². The molecule has 0 bridgehead atoms. The quantitative estimate of drug-likeness (QED) is 0.342. The van der Waals surface area contributed by atoms with Crippen LogP contribution in [-0.2, 0) is 6.42 Å². The Morgan fingerprint density at radius 3 is 1.75 bits per heavy atom. The minimum absolute atomic E-state index is 0.792. The van der Waals surface area contributed by atoms with E-state index in [0.29, 0.717) is 0 Å². The molecule has 0 aromatic heterocycles. The van der Waals surface area contributed by atoms with Gasteiger partial charge in [0, 0.05) is 11.1 Å². The largest absolute Gasteiger partial charge is 0.457 e. The van der Waals surface area contributed by atoms with Gasteiger partial charge in [0.15, 0.2) is 0 Å². The summed E-state index contributed by atoms with van der Waals surface area (Å²) in [6, 6.07) is 25.4. The molecule has 0 heterocycles. The number of para-hydroxylation sites is 1. The average molecular weight is 367 g/mol. The van der Waals surface area contributed by atoms with E-state index in [1.165, 1.54) is 31.2 Å². The summed E-state index contributed by atoms with van der Waals surface area (Å²) in [5, 5.41) is 0. The van der Waals surface area contributed by atoms with Crippen LogP contribution >= 0.6 is 0 Å². The van der Waals surface area contributed by atoms with E-state index in [2.05, 4.69) is 30.9 Å². The van der Waals surface area contributed by atoms with Gasteiger partial charge in [-0.25, -0.2) is 0 Å². The van der Waals surface area contributed by atoms with Gasteiger partial charge in [0.1, 0.15) is 11.5 Å². The standard InChI is InChI=1S/C14H10O.C13H16/c1-2-12-8-10-14(11-9-12)15-13-6-4-3-5-7-13;1-3-5-6-7-13-10-8-12(4-2)9-11-13/h1,3-11H;2,8-11H,3,5-7H2,1H3. The number of terminal acetylenes is 2. The Bertz CT molecular complexity index is 892. The molecule has 3 aromatic carbocycles. The lowest BCUT2D eigenvalue weighted by molar-refractivity contribution is 0.482. The van der Waals surface area contributed by atoms with Gasteiger partial charge in [0.05, 0.1) is 0 Å². The molecule has 1 heteroatoms. The van der Waals surface area contributed by atoms with Crippen molar-refractivity contribution in [2.75, 3.05) is 0 Å². The first-order valence-corrected chi connectivity index (χ1v) is 9.60. The van der Waals surface area contributed by atoms with Crippen molar-refractivity contribution in [2.45, 2.75) is 32.6 Å². The Morgan fingerprint density at radius 1 is 0.679 bits per heavy atom. The van der Waals surface area contributed by atoms with Crippen LogP contribution in [0.15, 0.2) is 78.9 Å². The van der Waals surface area contributed by atoms with E-state index in [1.54, 1.807) is 0 Å². The average Bonchev–Trinajstić information content (AvgIpc) is 2.76.